The number of carbonyl (C=O) groups is 3. The van der Waals surface area contributed by atoms with Crippen LogP contribution in [0.1, 0.15) is 33.0 Å². The number of carbonyl (C=O) groups excluding carboxylic acids is 3. The Labute approximate surface area is 203 Å². The molecule has 3 aromatic carbocycles. The second kappa shape index (κ2) is 10.3. The molecule has 0 fully saturated rings. The standard InChI is InChI=1S/C27H26N4O4/c1-31(16-23(28)32)15-17-8-11-20(12-9-17)29-25(18-6-4-3-5-7-18)24-21-13-10-19(27(34)35-2)14-22(21)30-26(24)33/h3-14,24H,15-16H2,1-2H3,(H2,28,32)(H,30,33). The molecule has 3 aromatic rings. The van der Waals surface area contributed by atoms with Crippen LogP contribution < -0.4 is 11.1 Å². The van der Waals surface area contributed by atoms with Crippen molar-refractivity contribution in [1.82, 2.24) is 4.90 Å². The van der Waals surface area contributed by atoms with Gasteiger partial charge in [-0.25, -0.2) is 4.79 Å². The van der Waals surface area contributed by atoms with Crippen LogP contribution in [0.25, 0.3) is 0 Å². The molecule has 2 amide bonds. The number of anilines is 1. The van der Waals surface area contributed by atoms with Crippen LogP contribution in [0.4, 0.5) is 11.4 Å². The summed E-state index contributed by atoms with van der Waals surface area (Å²) in [5.74, 6) is -1.70. The van der Waals surface area contributed by atoms with E-state index in [1.54, 1.807) is 18.2 Å². The van der Waals surface area contributed by atoms with Crippen molar-refractivity contribution in [2.24, 2.45) is 10.7 Å². The summed E-state index contributed by atoms with van der Waals surface area (Å²) in [5, 5.41) is 2.88. The summed E-state index contributed by atoms with van der Waals surface area (Å²) in [5.41, 5.74) is 10.1. The van der Waals surface area contributed by atoms with Crippen LogP contribution >= 0.6 is 0 Å². The van der Waals surface area contributed by atoms with E-state index in [1.165, 1.54) is 7.11 Å². The van der Waals surface area contributed by atoms with E-state index in [0.29, 0.717) is 29.2 Å². The maximum atomic E-state index is 13.1. The lowest BCUT2D eigenvalue weighted by atomic mass is 9.90. The summed E-state index contributed by atoms with van der Waals surface area (Å²) in [4.78, 5) is 42.9. The molecule has 35 heavy (non-hydrogen) atoms. The molecule has 1 heterocycles. The molecule has 3 N–H and O–H groups in total. The van der Waals surface area contributed by atoms with Gasteiger partial charge in [0.2, 0.25) is 11.8 Å². The number of amides is 2. The van der Waals surface area contributed by atoms with E-state index in [-0.39, 0.29) is 18.4 Å². The van der Waals surface area contributed by atoms with Crippen LogP contribution in [0.3, 0.4) is 0 Å². The van der Waals surface area contributed by atoms with Crippen LogP contribution in [-0.4, -0.2) is 49.1 Å². The first-order chi connectivity index (χ1) is 16.9. The highest BCUT2D eigenvalue weighted by atomic mass is 16.5. The molecule has 0 radical (unpaired) electrons. The molecule has 0 aromatic heterocycles. The summed E-state index contributed by atoms with van der Waals surface area (Å²) in [6, 6.07) is 22.2. The van der Waals surface area contributed by atoms with Gasteiger partial charge in [-0.3, -0.25) is 19.5 Å². The Morgan fingerprint density at radius 3 is 2.40 bits per heavy atom. The van der Waals surface area contributed by atoms with Crippen LogP contribution in [0.15, 0.2) is 77.8 Å². The summed E-state index contributed by atoms with van der Waals surface area (Å²) in [6.07, 6.45) is 0. The zero-order valence-electron chi connectivity index (χ0n) is 19.5. The van der Waals surface area contributed by atoms with E-state index in [9.17, 15) is 14.4 Å². The molecular weight excluding hydrogens is 444 g/mol. The Bertz CT molecular complexity index is 1290. The number of fused-ring (bicyclic) bond motifs is 1. The molecule has 4 rings (SSSR count). The number of ether oxygens (including phenoxy) is 1. The van der Waals surface area contributed by atoms with Gasteiger partial charge in [-0.1, -0.05) is 48.5 Å². The lowest BCUT2D eigenvalue weighted by Crippen LogP contribution is -2.30. The Kier molecular flexibility index (Phi) is 7.03. The number of methoxy groups -OCH3 is 1. The van der Waals surface area contributed by atoms with Crippen LogP contribution in [-0.2, 0) is 20.9 Å². The number of primary amides is 1. The number of hydrogen-bond donors (Lipinski definition) is 2. The topological polar surface area (TPSA) is 114 Å². The Morgan fingerprint density at radius 2 is 1.74 bits per heavy atom. The normalized spacial score (nSPS) is 15.0. The van der Waals surface area contributed by atoms with Crippen molar-refractivity contribution in [2.75, 3.05) is 26.0 Å². The molecule has 0 saturated carbocycles. The van der Waals surface area contributed by atoms with Gasteiger partial charge in [0.1, 0.15) is 5.92 Å². The molecule has 8 nitrogen and oxygen atoms in total. The van der Waals surface area contributed by atoms with E-state index < -0.39 is 11.9 Å². The molecule has 0 spiro atoms. The fourth-order valence-corrected chi connectivity index (χ4v) is 4.13. The van der Waals surface area contributed by atoms with Crippen LogP contribution in [0.2, 0.25) is 0 Å². The summed E-state index contributed by atoms with van der Waals surface area (Å²) in [6.45, 7) is 0.741. The number of aliphatic imine (C=N–C) groups is 1. The van der Waals surface area contributed by atoms with Crippen LogP contribution in [0.5, 0.6) is 0 Å². The fraction of sp³-hybridized carbons (Fsp3) is 0.185. The molecule has 0 saturated heterocycles. The average molecular weight is 471 g/mol. The minimum absolute atomic E-state index is 0.173. The molecular formula is C27H26N4O4. The maximum absolute atomic E-state index is 13.1. The van der Waals surface area contributed by atoms with Crippen LogP contribution in [0, 0.1) is 0 Å². The van der Waals surface area contributed by atoms with E-state index in [0.717, 1.165) is 16.7 Å². The zero-order valence-corrected chi connectivity index (χ0v) is 19.5. The second-order valence-corrected chi connectivity index (χ2v) is 8.38. The van der Waals surface area contributed by atoms with E-state index in [1.807, 2.05) is 66.5 Å². The number of hydrogen-bond acceptors (Lipinski definition) is 6. The minimum atomic E-state index is -0.638. The largest absolute Gasteiger partial charge is 0.465 e. The van der Waals surface area contributed by atoms with Gasteiger partial charge in [-0.05, 0) is 48.0 Å². The number of likely N-dealkylation sites (N-methyl/N-ethyl adjacent to an activating group) is 1. The average Bonchev–Trinajstić information content (AvgIpc) is 3.17. The first-order valence-electron chi connectivity index (χ1n) is 11.1. The zero-order chi connectivity index (χ0) is 24.9. The van der Waals surface area contributed by atoms with Crippen molar-refractivity contribution in [3.05, 3.63) is 95.1 Å². The number of benzene rings is 3. The number of nitrogens with two attached hydrogens (primary N) is 1. The lowest BCUT2D eigenvalue weighted by Gasteiger charge is -2.15. The lowest BCUT2D eigenvalue weighted by molar-refractivity contribution is -0.119. The van der Waals surface area contributed by atoms with Crippen molar-refractivity contribution in [1.29, 1.82) is 0 Å². The third kappa shape index (κ3) is 5.44. The second-order valence-electron chi connectivity index (χ2n) is 8.38. The third-order valence-electron chi connectivity index (χ3n) is 5.71. The van der Waals surface area contributed by atoms with E-state index in [2.05, 4.69) is 5.32 Å². The van der Waals surface area contributed by atoms with Gasteiger partial charge in [0.25, 0.3) is 0 Å². The summed E-state index contributed by atoms with van der Waals surface area (Å²) < 4.78 is 4.80. The molecule has 1 aliphatic heterocycles. The van der Waals surface area contributed by atoms with Gasteiger partial charge < -0.3 is 15.8 Å². The van der Waals surface area contributed by atoms with Crippen molar-refractivity contribution in [2.45, 2.75) is 12.5 Å². The van der Waals surface area contributed by atoms with Crippen molar-refractivity contribution >= 4 is 34.9 Å². The molecule has 1 aliphatic rings. The summed E-state index contributed by atoms with van der Waals surface area (Å²) >= 11 is 0. The van der Waals surface area contributed by atoms with Crippen molar-refractivity contribution < 1.29 is 19.1 Å². The molecule has 0 aliphatic carbocycles. The van der Waals surface area contributed by atoms with E-state index in [4.69, 9.17) is 15.5 Å². The molecule has 178 valence electrons. The first-order valence-corrected chi connectivity index (χ1v) is 11.1. The number of nitrogens with one attached hydrogen (secondary N) is 1. The van der Waals surface area contributed by atoms with Crippen molar-refractivity contribution in [3.63, 3.8) is 0 Å². The maximum Gasteiger partial charge on any atom is 0.337 e. The van der Waals surface area contributed by atoms with Gasteiger partial charge in [-0.15, -0.1) is 0 Å². The molecule has 8 heteroatoms. The van der Waals surface area contributed by atoms with Gasteiger partial charge in [0.05, 0.1) is 30.6 Å². The number of rotatable bonds is 8. The minimum Gasteiger partial charge on any atom is -0.465 e. The Balaban J connectivity index is 1.69. The highest BCUT2D eigenvalue weighted by Gasteiger charge is 2.36. The molecule has 1 atom stereocenters. The van der Waals surface area contributed by atoms with Crippen molar-refractivity contribution in [3.8, 4) is 0 Å². The molecule has 1 unspecified atom stereocenters. The fourth-order valence-electron chi connectivity index (χ4n) is 4.13. The van der Waals surface area contributed by atoms with E-state index >= 15 is 0 Å². The SMILES string of the molecule is COC(=O)c1ccc2c(c1)NC(=O)C2C(=Nc1ccc(CN(C)CC(N)=O)cc1)c1ccccc1. The summed E-state index contributed by atoms with van der Waals surface area (Å²) in [7, 11) is 3.14. The highest BCUT2D eigenvalue weighted by molar-refractivity contribution is 6.24. The number of nitrogens with zero attached hydrogens (tertiary/aromatic N) is 2. The van der Waals surface area contributed by atoms with Gasteiger partial charge in [0, 0.05) is 12.2 Å². The molecule has 0 bridgehead atoms. The predicted octanol–water partition coefficient (Wildman–Crippen LogP) is 3.25. The van der Waals surface area contributed by atoms with Gasteiger partial charge in [-0.2, -0.15) is 0 Å². The third-order valence-corrected chi connectivity index (χ3v) is 5.71. The highest BCUT2D eigenvalue weighted by Crippen LogP contribution is 2.37. The Hall–Kier alpha value is -4.30. The quantitative estimate of drug-likeness (QED) is 0.388. The smallest absolute Gasteiger partial charge is 0.337 e. The van der Waals surface area contributed by atoms with Gasteiger partial charge >= 0.3 is 5.97 Å². The Morgan fingerprint density at radius 1 is 1.03 bits per heavy atom. The predicted molar refractivity (Wildman–Crippen MR) is 134 cm³/mol. The first kappa shape index (κ1) is 23.8. The van der Waals surface area contributed by atoms with Gasteiger partial charge in [0.15, 0.2) is 0 Å². The monoisotopic (exact) mass is 470 g/mol. The number of esters is 1.